The lowest BCUT2D eigenvalue weighted by Crippen LogP contribution is -2.62. The number of carboxylic acid groups (broad SMARTS) is 1. The van der Waals surface area contributed by atoms with E-state index in [2.05, 4.69) is 24.3 Å². The maximum atomic E-state index is 11.0. The Kier molecular flexibility index (Phi) is 3.87. The van der Waals surface area contributed by atoms with E-state index in [0.29, 0.717) is 36.9 Å². The third-order valence-electron chi connectivity index (χ3n) is 5.02. The van der Waals surface area contributed by atoms with Gasteiger partial charge < -0.3 is 14.8 Å². The molecule has 0 bridgehead atoms. The normalized spacial score (nSPS) is 24.4. The minimum absolute atomic E-state index is 0.309. The van der Waals surface area contributed by atoms with E-state index in [4.69, 9.17) is 4.84 Å². The van der Waals surface area contributed by atoms with E-state index in [-0.39, 0.29) is 0 Å². The molecule has 1 amide bonds. The van der Waals surface area contributed by atoms with Crippen molar-refractivity contribution in [3.8, 4) is 0 Å². The van der Waals surface area contributed by atoms with Crippen LogP contribution < -0.4 is 5.11 Å². The Morgan fingerprint density at radius 2 is 2.05 bits per heavy atom. The summed E-state index contributed by atoms with van der Waals surface area (Å²) in [7, 11) is 1.74. The molecule has 0 aromatic heterocycles. The molecule has 0 N–H and O–H groups in total. The third kappa shape index (κ3) is 2.51. The molecule has 0 radical (unpaired) electrons. The molecule has 1 heterocycles. The maximum Gasteiger partial charge on any atom is 0.145 e. The molecule has 1 saturated heterocycles. The van der Waals surface area contributed by atoms with E-state index >= 15 is 0 Å². The molecule has 1 aromatic carbocycles. The molecule has 3 rings (SSSR count). The average Bonchev–Trinajstić information content (AvgIpc) is 2.54. The van der Waals surface area contributed by atoms with Gasteiger partial charge in [-0.25, -0.2) is 4.84 Å². The molecule has 5 heteroatoms. The summed E-state index contributed by atoms with van der Waals surface area (Å²) in [6.07, 6.45) is 2.31. The van der Waals surface area contributed by atoms with Crippen molar-refractivity contribution in [2.45, 2.75) is 25.3 Å². The Morgan fingerprint density at radius 3 is 2.71 bits per heavy atom. The summed E-state index contributed by atoms with van der Waals surface area (Å²) < 4.78 is 0.529. The monoisotopic (exact) mass is 290 g/mol. The summed E-state index contributed by atoms with van der Waals surface area (Å²) in [5.74, 6) is 0. The highest BCUT2D eigenvalue weighted by molar-refractivity contribution is 5.62. The number of nitrogens with zero attached hydrogens (tertiary/aromatic N) is 2. The Labute approximate surface area is 125 Å². The lowest BCUT2D eigenvalue weighted by Gasteiger charge is -2.47. The van der Waals surface area contributed by atoms with Gasteiger partial charge in [0.15, 0.2) is 0 Å². The van der Waals surface area contributed by atoms with Gasteiger partial charge in [-0.3, -0.25) is 0 Å². The van der Waals surface area contributed by atoms with Crippen LogP contribution in [0.25, 0.3) is 0 Å². The highest BCUT2D eigenvalue weighted by Gasteiger charge is 2.44. The van der Waals surface area contributed by atoms with Gasteiger partial charge in [0.2, 0.25) is 0 Å². The zero-order valence-electron chi connectivity index (χ0n) is 12.5. The van der Waals surface area contributed by atoms with Gasteiger partial charge in [0.1, 0.15) is 25.2 Å². The molecule has 1 aliphatic carbocycles. The first-order chi connectivity index (χ1) is 10.2. The number of piperazine rings is 1. The van der Waals surface area contributed by atoms with Gasteiger partial charge in [-0.05, 0) is 18.4 Å². The van der Waals surface area contributed by atoms with Crippen LogP contribution in [-0.2, 0) is 11.3 Å². The smallest absolute Gasteiger partial charge is 0.145 e. The van der Waals surface area contributed by atoms with Gasteiger partial charge in [0.05, 0.1) is 20.2 Å². The SMILES string of the molecule is CO[N+]1(C2CCCc3ccccc32)CCN(C(=O)[O-])CC1. The van der Waals surface area contributed by atoms with E-state index in [0.717, 1.165) is 19.3 Å². The third-order valence-corrected chi connectivity index (χ3v) is 5.02. The number of carbonyl (C=O) groups excluding carboxylic acids is 1. The van der Waals surface area contributed by atoms with E-state index in [1.807, 2.05) is 0 Å². The van der Waals surface area contributed by atoms with Crippen molar-refractivity contribution < 1.29 is 19.4 Å². The zero-order valence-corrected chi connectivity index (χ0v) is 12.5. The first-order valence-electron chi connectivity index (χ1n) is 7.62. The van der Waals surface area contributed by atoms with Gasteiger partial charge in [0, 0.05) is 12.0 Å². The van der Waals surface area contributed by atoms with Crippen molar-refractivity contribution in [1.29, 1.82) is 0 Å². The number of hydrogen-bond acceptors (Lipinski definition) is 3. The van der Waals surface area contributed by atoms with Crippen molar-refractivity contribution in [3.63, 3.8) is 0 Å². The number of fused-ring (bicyclic) bond motifs is 1. The van der Waals surface area contributed by atoms with Gasteiger partial charge in [0.25, 0.3) is 0 Å². The van der Waals surface area contributed by atoms with E-state index < -0.39 is 6.09 Å². The van der Waals surface area contributed by atoms with Gasteiger partial charge in [-0.2, -0.15) is 4.65 Å². The second-order valence-corrected chi connectivity index (χ2v) is 5.94. The fourth-order valence-corrected chi connectivity index (χ4v) is 3.82. The minimum atomic E-state index is -1.08. The molecule has 1 fully saturated rings. The van der Waals surface area contributed by atoms with Crippen LogP contribution in [0.15, 0.2) is 24.3 Å². The van der Waals surface area contributed by atoms with Crippen LogP contribution in [0, 0.1) is 0 Å². The van der Waals surface area contributed by atoms with Gasteiger partial charge in [-0.1, -0.05) is 24.3 Å². The van der Waals surface area contributed by atoms with Crippen molar-refractivity contribution >= 4 is 6.09 Å². The number of hydroxylamine groups is 3. The van der Waals surface area contributed by atoms with Gasteiger partial charge in [-0.15, -0.1) is 0 Å². The average molecular weight is 290 g/mol. The van der Waals surface area contributed by atoms with Crippen LogP contribution in [-0.4, -0.2) is 48.9 Å². The maximum absolute atomic E-state index is 11.0. The van der Waals surface area contributed by atoms with Crippen LogP contribution in [0.2, 0.25) is 0 Å². The second kappa shape index (κ2) is 5.66. The number of amides is 1. The Hall–Kier alpha value is -1.59. The van der Waals surface area contributed by atoms with Crippen molar-refractivity contribution in [2.75, 3.05) is 33.3 Å². The van der Waals surface area contributed by atoms with E-state index in [1.165, 1.54) is 16.0 Å². The van der Waals surface area contributed by atoms with E-state index in [9.17, 15) is 9.90 Å². The summed E-state index contributed by atoms with van der Waals surface area (Å²) in [6.45, 7) is 2.33. The summed E-state index contributed by atoms with van der Waals surface area (Å²) in [6, 6.07) is 8.88. The highest BCUT2D eigenvalue weighted by Crippen LogP contribution is 2.40. The predicted octanol–water partition coefficient (Wildman–Crippen LogP) is 1.10. The number of rotatable bonds is 2. The summed E-state index contributed by atoms with van der Waals surface area (Å²) in [5.41, 5.74) is 2.78. The van der Waals surface area contributed by atoms with Crippen LogP contribution in [0.3, 0.4) is 0 Å². The zero-order chi connectivity index (χ0) is 14.9. The molecule has 5 nitrogen and oxygen atoms in total. The fraction of sp³-hybridized carbons (Fsp3) is 0.562. The number of hydrogen-bond donors (Lipinski definition) is 0. The standard InChI is InChI=1S/C16H22N2O3/c1-21-18(11-9-17(10-12-18)16(19)20)15-8-4-6-13-5-2-3-7-14(13)15/h2-3,5,7,15H,4,6,8-12H2,1H3. The van der Waals surface area contributed by atoms with Crippen molar-refractivity contribution in [1.82, 2.24) is 4.90 Å². The Balaban J connectivity index is 1.86. The first kappa shape index (κ1) is 14.4. The number of carbonyl (C=O) groups is 1. The molecule has 1 unspecified atom stereocenters. The van der Waals surface area contributed by atoms with Crippen LogP contribution in [0.5, 0.6) is 0 Å². The molecule has 1 aliphatic heterocycles. The summed E-state index contributed by atoms with van der Waals surface area (Å²) in [4.78, 5) is 18.3. The minimum Gasteiger partial charge on any atom is -0.530 e. The molecular formula is C16H22N2O3. The quantitative estimate of drug-likeness (QED) is 0.767. The molecule has 1 atom stereocenters. The first-order valence-corrected chi connectivity index (χ1v) is 7.62. The highest BCUT2D eigenvalue weighted by atomic mass is 16.7. The van der Waals surface area contributed by atoms with Crippen molar-refractivity contribution in [3.05, 3.63) is 35.4 Å². The number of benzene rings is 1. The topological polar surface area (TPSA) is 52.6 Å². The molecule has 1 aromatic rings. The Bertz CT molecular complexity index is 524. The number of aryl methyl sites for hydroxylation is 1. The van der Waals surface area contributed by atoms with Crippen LogP contribution in [0.1, 0.15) is 30.0 Å². The largest absolute Gasteiger partial charge is 0.530 e. The molecular weight excluding hydrogens is 268 g/mol. The second-order valence-electron chi connectivity index (χ2n) is 5.94. The predicted molar refractivity (Wildman–Crippen MR) is 76.1 cm³/mol. The fourth-order valence-electron chi connectivity index (χ4n) is 3.82. The van der Waals surface area contributed by atoms with Gasteiger partial charge >= 0.3 is 0 Å². The van der Waals surface area contributed by atoms with Crippen molar-refractivity contribution in [2.24, 2.45) is 0 Å². The molecule has 2 aliphatic rings. The molecule has 21 heavy (non-hydrogen) atoms. The van der Waals surface area contributed by atoms with E-state index in [1.54, 1.807) is 7.11 Å². The Morgan fingerprint density at radius 1 is 1.33 bits per heavy atom. The molecule has 0 saturated carbocycles. The lowest BCUT2D eigenvalue weighted by atomic mass is 9.86. The summed E-state index contributed by atoms with van der Waals surface area (Å²) >= 11 is 0. The number of quaternary nitrogens is 1. The molecule has 0 spiro atoms. The summed E-state index contributed by atoms with van der Waals surface area (Å²) in [5, 5.41) is 11.0. The lowest BCUT2D eigenvalue weighted by molar-refractivity contribution is -1.13. The van der Waals surface area contributed by atoms with Crippen LogP contribution >= 0.6 is 0 Å². The van der Waals surface area contributed by atoms with Crippen LogP contribution in [0.4, 0.5) is 4.79 Å². The molecule has 114 valence electrons.